The highest BCUT2D eigenvalue weighted by Gasteiger charge is 2.56. The van der Waals surface area contributed by atoms with E-state index in [1.807, 2.05) is 13.8 Å². The molecular formula is C29H36F3N3O2. The van der Waals surface area contributed by atoms with Crippen LogP contribution in [0.1, 0.15) is 45.2 Å². The second-order valence-electron chi connectivity index (χ2n) is 9.02. The van der Waals surface area contributed by atoms with Crippen LogP contribution in [0.2, 0.25) is 0 Å². The van der Waals surface area contributed by atoms with Gasteiger partial charge in [0.2, 0.25) is 0 Å². The van der Waals surface area contributed by atoms with Gasteiger partial charge in [-0.25, -0.2) is 0 Å². The molecule has 5 nitrogen and oxygen atoms in total. The molecule has 0 amide bonds. The van der Waals surface area contributed by atoms with E-state index in [1.165, 1.54) is 23.2 Å². The molecule has 0 aromatic heterocycles. The predicted octanol–water partition coefficient (Wildman–Crippen LogP) is 6.62. The largest absolute Gasteiger partial charge is 0.508 e. The maximum absolute atomic E-state index is 14.2. The number of hydrogen-bond acceptors (Lipinski definition) is 5. The second kappa shape index (κ2) is 13.7. The molecule has 200 valence electrons. The normalized spacial score (nSPS) is 13.2. The summed E-state index contributed by atoms with van der Waals surface area (Å²) in [5, 5.41) is 30.7. The quantitative estimate of drug-likeness (QED) is 0.260. The highest BCUT2D eigenvalue weighted by Crippen LogP contribution is 2.44. The molecule has 0 bridgehead atoms. The SMILES string of the molecule is C=CCN(/C=C\CN=C)CC(O)(CC(C)(C)c1cc(-c2cccc(C#N)c2)ccc1O)C(F)(F)F.CC. The lowest BCUT2D eigenvalue weighted by molar-refractivity contribution is -0.269. The van der Waals surface area contributed by atoms with Crippen molar-refractivity contribution in [2.45, 2.75) is 51.3 Å². The predicted molar refractivity (Wildman–Crippen MR) is 144 cm³/mol. The molecule has 0 aliphatic heterocycles. The molecular weight excluding hydrogens is 479 g/mol. The minimum Gasteiger partial charge on any atom is -0.508 e. The van der Waals surface area contributed by atoms with E-state index in [9.17, 15) is 28.6 Å². The summed E-state index contributed by atoms with van der Waals surface area (Å²) in [4.78, 5) is 4.96. The summed E-state index contributed by atoms with van der Waals surface area (Å²) in [6.45, 7) is 13.6. The minimum absolute atomic E-state index is 0.0857. The highest BCUT2D eigenvalue weighted by molar-refractivity contribution is 5.67. The first-order valence-electron chi connectivity index (χ1n) is 11.9. The summed E-state index contributed by atoms with van der Waals surface area (Å²) in [7, 11) is 0. The van der Waals surface area contributed by atoms with Crippen molar-refractivity contribution < 1.29 is 23.4 Å². The van der Waals surface area contributed by atoms with Crippen molar-refractivity contribution in [1.82, 2.24) is 4.90 Å². The van der Waals surface area contributed by atoms with Gasteiger partial charge in [0, 0.05) is 12.1 Å². The van der Waals surface area contributed by atoms with Gasteiger partial charge >= 0.3 is 6.18 Å². The Morgan fingerprint density at radius 3 is 2.32 bits per heavy atom. The van der Waals surface area contributed by atoms with Crippen LogP contribution in [0, 0.1) is 11.3 Å². The Morgan fingerprint density at radius 2 is 1.76 bits per heavy atom. The van der Waals surface area contributed by atoms with Crippen LogP contribution in [0.25, 0.3) is 11.1 Å². The van der Waals surface area contributed by atoms with Gasteiger partial charge in [0.05, 0.1) is 24.7 Å². The Labute approximate surface area is 217 Å². The van der Waals surface area contributed by atoms with Crippen molar-refractivity contribution in [2.75, 3.05) is 19.6 Å². The van der Waals surface area contributed by atoms with E-state index in [0.29, 0.717) is 16.7 Å². The average Bonchev–Trinajstić information content (AvgIpc) is 2.84. The van der Waals surface area contributed by atoms with Crippen LogP contribution in [-0.4, -0.2) is 53.2 Å². The molecule has 1 atom stereocenters. The first-order valence-corrected chi connectivity index (χ1v) is 11.9. The third-order valence-corrected chi connectivity index (χ3v) is 5.69. The van der Waals surface area contributed by atoms with Crippen LogP contribution in [0.3, 0.4) is 0 Å². The van der Waals surface area contributed by atoms with Gasteiger partial charge in [0.1, 0.15) is 5.75 Å². The molecule has 0 saturated heterocycles. The van der Waals surface area contributed by atoms with Gasteiger partial charge in [-0.15, -0.1) is 6.58 Å². The summed E-state index contributed by atoms with van der Waals surface area (Å²) < 4.78 is 42.7. The molecule has 1 unspecified atom stereocenters. The third-order valence-electron chi connectivity index (χ3n) is 5.69. The van der Waals surface area contributed by atoms with Gasteiger partial charge in [-0.3, -0.25) is 4.99 Å². The number of nitriles is 1. The molecule has 0 radical (unpaired) electrons. The maximum Gasteiger partial charge on any atom is 0.418 e. The number of hydrogen-bond donors (Lipinski definition) is 2. The number of aliphatic hydroxyl groups is 1. The molecule has 0 aliphatic rings. The number of rotatable bonds is 11. The third kappa shape index (κ3) is 8.50. The second-order valence-corrected chi connectivity index (χ2v) is 9.02. The number of benzene rings is 2. The van der Waals surface area contributed by atoms with E-state index in [-0.39, 0.29) is 24.4 Å². The standard InChI is InChI=1S/C27H30F3N3O2.C2H6/c1-5-13-33(14-7-12-32-4)19-26(35,27(28,29)30)18-25(2,3)23-16-22(10-11-24(23)34)21-9-6-8-20(15-21)17-31;1-2/h5-11,14-16,34-35H,1,4,12-13,18-19H2,2-3H3;1-2H3/b14-7-;. The maximum atomic E-state index is 14.2. The van der Waals surface area contributed by atoms with E-state index < -0.39 is 30.2 Å². The van der Waals surface area contributed by atoms with Gasteiger partial charge < -0.3 is 15.1 Å². The van der Waals surface area contributed by atoms with Crippen molar-refractivity contribution in [3.63, 3.8) is 0 Å². The fraction of sp³-hybridized carbons (Fsp3) is 0.379. The Bertz CT molecular complexity index is 1120. The lowest BCUT2D eigenvalue weighted by Crippen LogP contribution is -2.55. The number of aliphatic imine (C=N–C) groups is 1. The van der Waals surface area contributed by atoms with Crippen molar-refractivity contribution >= 4 is 6.72 Å². The molecule has 2 rings (SSSR count). The molecule has 2 aromatic rings. The van der Waals surface area contributed by atoms with Crippen LogP contribution < -0.4 is 0 Å². The molecule has 0 saturated carbocycles. The van der Waals surface area contributed by atoms with Crippen molar-refractivity contribution in [1.29, 1.82) is 5.26 Å². The topological polar surface area (TPSA) is 79.8 Å². The molecule has 0 aliphatic carbocycles. The first-order chi connectivity index (χ1) is 17.4. The molecule has 0 spiro atoms. The van der Waals surface area contributed by atoms with Crippen LogP contribution in [0.5, 0.6) is 5.75 Å². The summed E-state index contributed by atoms with van der Waals surface area (Å²) in [5.41, 5.74) is -2.36. The number of halogens is 3. The van der Waals surface area contributed by atoms with Gasteiger partial charge in [-0.05, 0) is 66.2 Å². The minimum atomic E-state index is -4.94. The monoisotopic (exact) mass is 515 g/mol. The average molecular weight is 516 g/mol. The Balaban J connectivity index is 0.00000334. The zero-order valence-electron chi connectivity index (χ0n) is 21.9. The fourth-order valence-corrected chi connectivity index (χ4v) is 4.05. The number of alkyl halides is 3. The molecule has 0 heterocycles. The number of phenolic OH excluding ortho intramolecular Hbond substituents is 1. The van der Waals surface area contributed by atoms with E-state index in [2.05, 4.69) is 24.4 Å². The molecule has 0 fully saturated rings. The van der Waals surface area contributed by atoms with E-state index in [4.69, 9.17) is 0 Å². The van der Waals surface area contributed by atoms with Crippen LogP contribution in [-0.2, 0) is 5.41 Å². The van der Waals surface area contributed by atoms with Gasteiger partial charge in [-0.2, -0.15) is 18.4 Å². The van der Waals surface area contributed by atoms with Crippen molar-refractivity contribution in [3.05, 3.63) is 78.5 Å². The smallest absolute Gasteiger partial charge is 0.418 e. The van der Waals surface area contributed by atoms with E-state index >= 15 is 0 Å². The number of aromatic hydroxyl groups is 1. The van der Waals surface area contributed by atoms with Crippen LogP contribution in [0.4, 0.5) is 13.2 Å². The molecule has 2 aromatic carbocycles. The zero-order chi connectivity index (χ0) is 28.3. The summed E-state index contributed by atoms with van der Waals surface area (Å²) in [6.07, 6.45) is -1.23. The van der Waals surface area contributed by atoms with Crippen molar-refractivity contribution in [2.24, 2.45) is 4.99 Å². The zero-order valence-corrected chi connectivity index (χ0v) is 21.9. The van der Waals surface area contributed by atoms with E-state index in [0.717, 1.165) is 0 Å². The van der Waals surface area contributed by atoms with E-state index in [1.54, 1.807) is 56.3 Å². The molecule has 2 N–H and O–H groups in total. The summed E-state index contributed by atoms with van der Waals surface area (Å²) in [5.74, 6) is -0.181. The number of phenols is 1. The summed E-state index contributed by atoms with van der Waals surface area (Å²) >= 11 is 0. The van der Waals surface area contributed by atoms with Gasteiger partial charge in [-0.1, -0.05) is 52.0 Å². The summed E-state index contributed by atoms with van der Waals surface area (Å²) in [6, 6.07) is 13.5. The Kier molecular flexibility index (Phi) is 11.6. The number of nitrogens with zero attached hydrogens (tertiary/aromatic N) is 3. The lowest BCUT2D eigenvalue weighted by atomic mass is 9.73. The fourth-order valence-electron chi connectivity index (χ4n) is 4.05. The Hall–Kier alpha value is -3.57. The van der Waals surface area contributed by atoms with Crippen LogP contribution >= 0.6 is 0 Å². The van der Waals surface area contributed by atoms with Gasteiger partial charge in [0.15, 0.2) is 5.60 Å². The lowest BCUT2D eigenvalue weighted by Gasteiger charge is -2.40. The highest BCUT2D eigenvalue weighted by atomic mass is 19.4. The van der Waals surface area contributed by atoms with Crippen molar-refractivity contribution in [3.8, 4) is 22.9 Å². The van der Waals surface area contributed by atoms with Crippen LogP contribution in [0.15, 0.2) is 72.4 Å². The van der Waals surface area contributed by atoms with Gasteiger partial charge in [0.25, 0.3) is 0 Å². The first kappa shape index (κ1) is 31.5. The molecule has 8 heteroatoms. The molecule has 37 heavy (non-hydrogen) atoms. The Morgan fingerprint density at radius 1 is 1.11 bits per heavy atom.